The van der Waals surface area contributed by atoms with Crippen molar-refractivity contribution in [2.45, 2.75) is 38.9 Å². The summed E-state index contributed by atoms with van der Waals surface area (Å²) < 4.78 is 10.4. The highest BCUT2D eigenvalue weighted by Crippen LogP contribution is 2.53. The molecule has 0 spiro atoms. The second-order valence-electron chi connectivity index (χ2n) is 4.90. The number of nitriles is 1. The maximum absolute atomic E-state index is 11.7. The Balaban J connectivity index is 2.22. The number of hydrogen-bond donors (Lipinski definition) is 0. The summed E-state index contributed by atoms with van der Waals surface area (Å²) in [6.45, 7) is 6.96. The number of esters is 2. The molecule has 0 radical (unpaired) electrons. The average Bonchev–Trinajstić information content (AvgIpc) is 2.77. The zero-order valence-corrected chi connectivity index (χ0v) is 10.4. The minimum atomic E-state index is -1.14. The fourth-order valence-electron chi connectivity index (χ4n) is 2.85. The van der Waals surface area contributed by atoms with E-state index in [1.165, 1.54) is 0 Å². The average molecular weight is 249 g/mol. The lowest BCUT2D eigenvalue weighted by Gasteiger charge is -2.23. The summed E-state index contributed by atoms with van der Waals surface area (Å²) in [6.07, 6.45) is -0.155. The molecule has 5 heteroatoms. The summed E-state index contributed by atoms with van der Waals surface area (Å²) in [6, 6.07) is 2.06. The van der Waals surface area contributed by atoms with Crippen LogP contribution in [0.15, 0.2) is 12.2 Å². The van der Waals surface area contributed by atoms with E-state index in [0.29, 0.717) is 12.0 Å². The molecule has 4 atom stereocenters. The first-order valence-electron chi connectivity index (χ1n) is 5.95. The van der Waals surface area contributed by atoms with Gasteiger partial charge in [-0.3, -0.25) is 4.79 Å². The standard InChI is InChI=1S/C13H15NO4/c1-4-8-10-9(17-11(15)7(2)3)5-13(8,6-14)12(16)18-10/h8-10H,2,4-5H2,1,3H3. The number of rotatable bonds is 3. The van der Waals surface area contributed by atoms with Crippen LogP contribution in [-0.4, -0.2) is 24.1 Å². The van der Waals surface area contributed by atoms with E-state index in [4.69, 9.17) is 9.47 Å². The van der Waals surface area contributed by atoms with Gasteiger partial charge in [0.15, 0.2) is 5.41 Å². The summed E-state index contributed by atoms with van der Waals surface area (Å²) >= 11 is 0. The highest BCUT2D eigenvalue weighted by Gasteiger charge is 2.67. The summed E-state index contributed by atoms with van der Waals surface area (Å²) in [5, 5.41) is 9.27. The Morgan fingerprint density at radius 3 is 2.83 bits per heavy atom. The molecule has 2 bridgehead atoms. The van der Waals surface area contributed by atoms with Crippen LogP contribution >= 0.6 is 0 Å². The van der Waals surface area contributed by atoms with Crippen LogP contribution in [0.25, 0.3) is 0 Å². The topological polar surface area (TPSA) is 76.4 Å². The van der Waals surface area contributed by atoms with Gasteiger partial charge in [0.25, 0.3) is 0 Å². The normalized spacial score (nSPS) is 36.9. The Bertz CT molecular complexity index is 464. The van der Waals surface area contributed by atoms with Crippen molar-refractivity contribution in [3.8, 4) is 6.07 Å². The van der Waals surface area contributed by atoms with E-state index in [1.54, 1.807) is 6.92 Å². The molecule has 0 N–H and O–H groups in total. The van der Waals surface area contributed by atoms with Crippen molar-refractivity contribution in [1.82, 2.24) is 0 Å². The number of fused-ring (bicyclic) bond motifs is 2. The zero-order valence-electron chi connectivity index (χ0n) is 10.4. The number of ether oxygens (including phenoxy) is 2. The van der Waals surface area contributed by atoms with Gasteiger partial charge in [0.1, 0.15) is 12.2 Å². The van der Waals surface area contributed by atoms with E-state index in [0.717, 1.165) is 0 Å². The smallest absolute Gasteiger partial charge is 0.333 e. The van der Waals surface area contributed by atoms with Gasteiger partial charge in [-0.1, -0.05) is 13.5 Å². The highest BCUT2D eigenvalue weighted by molar-refractivity contribution is 5.88. The second kappa shape index (κ2) is 4.13. The molecule has 96 valence electrons. The number of nitrogens with zero attached hydrogens (tertiary/aromatic N) is 1. The molecular formula is C13H15NO4. The molecule has 0 aromatic heterocycles. The van der Waals surface area contributed by atoms with Crippen LogP contribution < -0.4 is 0 Å². The molecule has 1 saturated heterocycles. The van der Waals surface area contributed by atoms with E-state index >= 15 is 0 Å². The predicted molar refractivity (Wildman–Crippen MR) is 61.0 cm³/mol. The molecule has 1 heterocycles. The molecule has 0 aromatic rings. The Kier molecular flexibility index (Phi) is 2.89. The predicted octanol–water partition coefficient (Wildman–Crippen LogP) is 1.34. The lowest BCUT2D eigenvalue weighted by molar-refractivity contribution is -0.168. The van der Waals surface area contributed by atoms with Gasteiger partial charge in [0.05, 0.1) is 6.07 Å². The van der Waals surface area contributed by atoms with Crippen LogP contribution in [0.1, 0.15) is 26.7 Å². The molecule has 2 aliphatic rings. The van der Waals surface area contributed by atoms with Gasteiger partial charge in [-0.15, -0.1) is 0 Å². The maximum atomic E-state index is 11.7. The molecular weight excluding hydrogens is 234 g/mol. The van der Waals surface area contributed by atoms with Gasteiger partial charge in [0, 0.05) is 17.9 Å². The fraction of sp³-hybridized carbons (Fsp3) is 0.615. The summed E-state index contributed by atoms with van der Waals surface area (Å²) in [5.41, 5.74) is -0.845. The fourth-order valence-corrected chi connectivity index (χ4v) is 2.85. The van der Waals surface area contributed by atoms with Crippen molar-refractivity contribution in [2.24, 2.45) is 11.3 Å². The van der Waals surface area contributed by atoms with Gasteiger partial charge in [-0.05, 0) is 13.3 Å². The van der Waals surface area contributed by atoms with E-state index in [-0.39, 0.29) is 12.3 Å². The molecule has 5 nitrogen and oxygen atoms in total. The van der Waals surface area contributed by atoms with Crippen molar-refractivity contribution in [3.63, 3.8) is 0 Å². The SMILES string of the molecule is C=C(C)C(=O)OC1CC2(C#N)C(=O)OC1C2CC. The quantitative estimate of drug-likeness (QED) is 0.557. The van der Waals surface area contributed by atoms with Crippen LogP contribution in [0.5, 0.6) is 0 Å². The highest BCUT2D eigenvalue weighted by atomic mass is 16.6. The second-order valence-corrected chi connectivity index (χ2v) is 4.90. The van der Waals surface area contributed by atoms with Crippen molar-refractivity contribution >= 4 is 11.9 Å². The minimum Gasteiger partial charge on any atom is -0.457 e. The third-order valence-corrected chi connectivity index (χ3v) is 3.77. The number of carbonyl (C=O) groups excluding carboxylic acids is 2. The summed E-state index contributed by atoms with van der Waals surface area (Å²) in [4.78, 5) is 23.2. The van der Waals surface area contributed by atoms with Crippen LogP contribution in [0, 0.1) is 22.7 Å². The van der Waals surface area contributed by atoms with Crippen molar-refractivity contribution in [2.75, 3.05) is 0 Å². The summed E-state index contributed by atoms with van der Waals surface area (Å²) in [5.74, 6) is -1.19. The number of hydrogen-bond acceptors (Lipinski definition) is 5. The molecule has 4 unspecified atom stereocenters. The van der Waals surface area contributed by atoms with Crippen LogP contribution in [-0.2, 0) is 19.1 Å². The van der Waals surface area contributed by atoms with Gasteiger partial charge >= 0.3 is 11.9 Å². The Morgan fingerprint density at radius 2 is 2.39 bits per heavy atom. The third kappa shape index (κ3) is 1.52. The number of carbonyl (C=O) groups is 2. The van der Waals surface area contributed by atoms with Gasteiger partial charge in [-0.25, -0.2) is 4.79 Å². The first-order chi connectivity index (χ1) is 8.46. The van der Waals surface area contributed by atoms with Gasteiger partial charge in [-0.2, -0.15) is 5.26 Å². The van der Waals surface area contributed by atoms with Crippen molar-refractivity contribution in [3.05, 3.63) is 12.2 Å². The first-order valence-corrected chi connectivity index (χ1v) is 5.95. The third-order valence-electron chi connectivity index (χ3n) is 3.77. The first kappa shape index (κ1) is 12.6. The van der Waals surface area contributed by atoms with E-state index in [1.807, 2.05) is 6.92 Å². The van der Waals surface area contributed by atoms with Crippen molar-refractivity contribution < 1.29 is 19.1 Å². The van der Waals surface area contributed by atoms with Crippen molar-refractivity contribution in [1.29, 1.82) is 5.26 Å². The molecule has 1 saturated carbocycles. The van der Waals surface area contributed by atoms with E-state index < -0.39 is 29.6 Å². The maximum Gasteiger partial charge on any atom is 0.333 e. The summed E-state index contributed by atoms with van der Waals surface area (Å²) in [7, 11) is 0. The molecule has 1 aliphatic carbocycles. The monoisotopic (exact) mass is 249 g/mol. The Morgan fingerprint density at radius 1 is 1.72 bits per heavy atom. The molecule has 1 aliphatic heterocycles. The van der Waals surface area contributed by atoms with Crippen LogP contribution in [0.3, 0.4) is 0 Å². The minimum absolute atomic E-state index is 0.196. The van der Waals surface area contributed by atoms with E-state index in [2.05, 4.69) is 12.6 Å². The van der Waals surface area contributed by atoms with E-state index in [9.17, 15) is 14.9 Å². The van der Waals surface area contributed by atoms with Crippen LogP contribution in [0.2, 0.25) is 0 Å². The molecule has 0 amide bonds. The lowest BCUT2D eigenvalue weighted by atomic mass is 9.79. The molecule has 18 heavy (non-hydrogen) atoms. The Labute approximate surface area is 105 Å². The Hall–Kier alpha value is -1.83. The zero-order chi connectivity index (χ0) is 13.5. The van der Waals surface area contributed by atoms with Gasteiger partial charge in [0.2, 0.25) is 0 Å². The molecule has 2 rings (SSSR count). The molecule has 2 fully saturated rings. The largest absolute Gasteiger partial charge is 0.457 e. The molecule has 0 aromatic carbocycles. The lowest BCUT2D eigenvalue weighted by Crippen LogP contribution is -2.36. The van der Waals surface area contributed by atoms with Gasteiger partial charge < -0.3 is 9.47 Å². The van der Waals surface area contributed by atoms with Crippen LogP contribution in [0.4, 0.5) is 0 Å².